The number of fused-ring (bicyclic) bond motifs is 1. The maximum absolute atomic E-state index is 12.9. The number of carbonyl (C=O) groups excluding carboxylic acids is 1. The first-order chi connectivity index (χ1) is 15.5. The maximum atomic E-state index is 12.9. The van der Waals surface area contributed by atoms with E-state index in [9.17, 15) is 9.59 Å². The average Bonchev–Trinajstić information content (AvgIpc) is 2.80. The topological polar surface area (TPSA) is 73.2 Å². The van der Waals surface area contributed by atoms with Gasteiger partial charge in [0.15, 0.2) is 5.16 Å². The largest absolute Gasteiger partial charge is 0.489 e. The number of carbonyl (C=O) groups is 1. The molecule has 0 fully saturated rings. The number of ether oxygens (including phenoxy) is 1. The van der Waals surface area contributed by atoms with Crippen LogP contribution in [0.15, 0.2) is 58.5 Å². The van der Waals surface area contributed by atoms with E-state index in [-0.39, 0.29) is 23.8 Å². The summed E-state index contributed by atoms with van der Waals surface area (Å²) in [7, 11) is 1.84. The van der Waals surface area contributed by atoms with Gasteiger partial charge in [0.1, 0.15) is 18.2 Å². The zero-order chi connectivity index (χ0) is 22.7. The van der Waals surface area contributed by atoms with E-state index in [1.54, 1.807) is 0 Å². The molecule has 1 N–H and O–H groups in total. The summed E-state index contributed by atoms with van der Waals surface area (Å²) < 4.78 is 7.72. The van der Waals surface area contributed by atoms with Gasteiger partial charge in [-0.2, -0.15) is 4.98 Å². The number of aromatic nitrogens is 2. The van der Waals surface area contributed by atoms with E-state index in [4.69, 9.17) is 4.74 Å². The van der Waals surface area contributed by atoms with Gasteiger partial charge in [-0.1, -0.05) is 60.6 Å². The first-order valence-electron chi connectivity index (χ1n) is 10.8. The summed E-state index contributed by atoms with van der Waals surface area (Å²) in [4.78, 5) is 29.7. The first kappa shape index (κ1) is 22.1. The predicted molar refractivity (Wildman–Crippen MR) is 128 cm³/mol. The Bertz CT molecular complexity index is 1170. The molecule has 1 amide bonds. The fraction of sp³-hybridized carbons (Fsp3) is 0.320. The van der Waals surface area contributed by atoms with Crippen LogP contribution in [0.25, 0.3) is 0 Å². The van der Waals surface area contributed by atoms with E-state index in [1.807, 2.05) is 35.9 Å². The highest BCUT2D eigenvalue weighted by molar-refractivity contribution is 7.99. The standard InChI is InChI=1S/C25H27N3O3S/c1-4-13-32-25-27-24(30)22-20(14-21(29)26-23(22)28(25)3)18-9-11-19(12-10-18)31-15-17-7-5-16(2)6-8-17/h5-12,20H,4,13-15H2,1-3H3,(H,26,29). The number of thioether (sulfide) groups is 1. The van der Waals surface area contributed by atoms with Crippen molar-refractivity contribution in [3.63, 3.8) is 0 Å². The molecule has 0 aliphatic carbocycles. The predicted octanol–water partition coefficient (Wildman–Crippen LogP) is 4.64. The number of hydrogen-bond acceptors (Lipinski definition) is 5. The number of rotatable bonds is 7. The van der Waals surface area contributed by atoms with Crippen LogP contribution in [-0.2, 0) is 18.4 Å². The number of hydrogen-bond donors (Lipinski definition) is 1. The summed E-state index contributed by atoms with van der Waals surface area (Å²) in [5, 5.41) is 3.51. The molecule has 2 aromatic carbocycles. The molecule has 1 aliphatic rings. The second kappa shape index (κ2) is 9.61. The molecule has 1 aromatic heterocycles. The minimum Gasteiger partial charge on any atom is -0.489 e. The van der Waals surface area contributed by atoms with Crippen LogP contribution in [0.4, 0.5) is 5.82 Å². The number of anilines is 1. The zero-order valence-electron chi connectivity index (χ0n) is 18.6. The second-order valence-corrected chi connectivity index (χ2v) is 9.08. The molecule has 0 saturated carbocycles. The Morgan fingerprint density at radius 3 is 2.53 bits per heavy atom. The van der Waals surface area contributed by atoms with E-state index in [2.05, 4.69) is 48.4 Å². The summed E-state index contributed by atoms with van der Waals surface area (Å²) in [6, 6.07) is 15.9. The average molecular weight is 450 g/mol. The quantitative estimate of drug-likeness (QED) is 0.420. The van der Waals surface area contributed by atoms with Crippen molar-refractivity contribution in [3.05, 3.63) is 81.1 Å². The third kappa shape index (κ3) is 4.72. The molecule has 166 valence electrons. The lowest BCUT2D eigenvalue weighted by Gasteiger charge is -2.27. The van der Waals surface area contributed by atoms with Crippen LogP contribution in [0, 0.1) is 6.92 Å². The monoisotopic (exact) mass is 449 g/mol. The molecule has 1 atom stereocenters. The van der Waals surface area contributed by atoms with Crippen molar-refractivity contribution in [3.8, 4) is 5.75 Å². The molecule has 1 unspecified atom stereocenters. The van der Waals surface area contributed by atoms with Gasteiger partial charge in [0.25, 0.3) is 5.56 Å². The van der Waals surface area contributed by atoms with Gasteiger partial charge in [0.05, 0.1) is 5.56 Å². The first-order valence-corrected chi connectivity index (χ1v) is 11.8. The van der Waals surface area contributed by atoms with Crippen LogP contribution in [0.1, 0.15) is 47.9 Å². The highest BCUT2D eigenvalue weighted by atomic mass is 32.2. The molecule has 32 heavy (non-hydrogen) atoms. The minimum absolute atomic E-state index is 0.102. The molecule has 0 spiro atoms. The van der Waals surface area contributed by atoms with E-state index in [0.717, 1.165) is 29.1 Å². The lowest BCUT2D eigenvalue weighted by molar-refractivity contribution is -0.116. The van der Waals surface area contributed by atoms with Crippen LogP contribution in [0.2, 0.25) is 0 Å². The van der Waals surface area contributed by atoms with Gasteiger partial charge in [0, 0.05) is 25.1 Å². The van der Waals surface area contributed by atoms with Crippen molar-refractivity contribution in [2.75, 3.05) is 11.1 Å². The van der Waals surface area contributed by atoms with Crippen LogP contribution in [0.3, 0.4) is 0 Å². The number of nitrogens with zero attached hydrogens (tertiary/aromatic N) is 2. The molecule has 0 bridgehead atoms. The van der Waals surface area contributed by atoms with Gasteiger partial charge in [0.2, 0.25) is 5.91 Å². The lowest BCUT2D eigenvalue weighted by atomic mass is 9.87. The van der Waals surface area contributed by atoms with E-state index in [0.29, 0.717) is 23.1 Å². The Hall–Kier alpha value is -3.06. The lowest BCUT2D eigenvalue weighted by Crippen LogP contribution is -2.33. The number of nitrogens with one attached hydrogen (secondary N) is 1. The molecule has 6 nitrogen and oxygen atoms in total. The van der Waals surface area contributed by atoms with E-state index in [1.165, 1.54) is 17.3 Å². The van der Waals surface area contributed by atoms with Crippen molar-refractivity contribution in [1.82, 2.24) is 9.55 Å². The Kier molecular flexibility index (Phi) is 6.65. The Morgan fingerprint density at radius 2 is 1.84 bits per heavy atom. The van der Waals surface area contributed by atoms with Gasteiger partial charge in [-0.05, 0) is 36.6 Å². The van der Waals surface area contributed by atoms with Crippen LogP contribution in [-0.4, -0.2) is 21.2 Å². The SMILES string of the molecule is CCCSc1nc(=O)c2c(n1C)NC(=O)CC2c1ccc(OCc2ccc(C)cc2)cc1. The minimum atomic E-state index is -0.332. The summed E-state index contributed by atoms with van der Waals surface area (Å²) in [6.07, 6.45) is 1.19. The van der Waals surface area contributed by atoms with Crippen molar-refractivity contribution >= 4 is 23.5 Å². The van der Waals surface area contributed by atoms with Crippen molar-refractivity contribution in [2.45, 2.75) is 44.4 Å². The summed E-state index contributed by atoms with van der Waals surface area (Å²) in [5.74, 6) is 1.72. The Labute approximate surface area is 192 Å². The van der Waals surface area contributed by atoms with E-state index < -0.39 is 0 Å². The van der Waals surface area contributed by atoms with Gasteiger partial charge in [-0.3, -0.25) is 9.59 Å². The molecule has 0 radical (unpaired) electrons. The third-order valence-corrected chi connectivity index (χ3v) is 6.78. The summed E-state index contributed by atoms with van der Waals surface area (Å²) >= 11 is 1.52. The number of amides is 1. The fourth-order valence-electron chi connectivity index (χ4n) is 3.79. The van der Waals surface area contributed by atoms with Crippen LogP contribution < -0.4 is 15.6 Å². The molecular formula is C25H27N3O3S. The number of benzene rings is 2. The van der Waals surface area contributed by atoms with Crippen molar-refractivity contribution in [1.29, 1.82) is 0 Å². The molecule has 3 aromatic rings. The molecule has 4 rings (SSSR count). The second-order valence-electron chi connectivity index (χ2n) is 8.02. The molecular weight excluding hydrogens is 422 g/mol. The summed E-state index contributed by atoms with van der Waals surface area (Å²) in [5.41, 5.74) is 3.48. The number of aryl methyl sites for hydroxylation is 1. The smallest absolute Gasteiger partial charge is 0.279 e. The highest BCUT2D eigenvalue weighted by Crippen LogP contribution is 2.36. The van der Waals surface area contributed by atoms with Gasteiger partial charge >= 0.3 is 0 Å². The molecule has 7 heteroatoms. The van der Waals surface area contributed by atoms with Crippen LogP contribution in [0.5, 0.6) is 5.75 Å². The third-order valence-electron chi connectivity index (χ3n) is 5.54. The Morgan fingerprint density at radius 1 is 1.12 bits per heavy atom. The van der Waals surface area contributed by atoms with Gasteiger partial charge in [-0.15, -0.1) is 0 Å². The summed E-state index contributed by atoms with van der Waals surface area (Å²) in [6.45, 7) is 4.62. The maximum Gasteiger partial charge on any atom is 0.279 e. The van der Waals surface area contributed by atoms with Crippen LogP contribution >= 0.6 is 11.8 Å². The highest BCUT2D eigenvalue weighted by Gasteiger charge is 2.32. The normalized spacial score (nSPS) is 15.2. The van der Waals surface area contributed by atoms with Gasteiger partial charge < -0.3 is 14.6 Å². The van der Waals surface area contributed by atoms with Crippen molar-refractivity contribution < 1.29 is 9.53 Å². The molecule has 0 saturated heterocycles. The fourth-order valence-corrected chi connectivity index (χ4v) is 4.61. The van der Waals surface area contributed by atoms with E-state index >= 15 is 0 Å². The molecule has 2 heterocycles. The van der Waals surface area contributed by atoms with Gasteiger partial charge in [-0.25, -0.2) is 0 Å². The van der Waals surface area contributed by atoms with Crippen molar-refractivity contribution in [2.24, 2.45) is 7.05 Å². The molecule has 1 aliphatic heterocycles. The Balaban J connectivity index is 1.58. The zero-order valence-corrected chi connectivity index (χ0v) is 19.4.